The van der Waals surface area contributed by atoms with Crippen molar-refractivity contribution in [3.8, 4) is 5.75 Å². The van der Waals surface area contributed by atoms with E-state index in [-0.39, 0.29) is 5.91 Å². The van der Waals surface area contributed by atoms with Crippen LogP contribution in [0, 0.1) is 0 Å². The van der Waals surface area contributed by atoms with Gasteiger partial charge in [0.25, 0.3) is 5.91 Å². The highest BCUT2D eigenvalue weighted by atomic mass is 16.5. The highest BCUT2D eigenvalue weighted by Crippen LogP contribution is 2.23. The molecule has 0 unspecified atom stereocenters. The average Bonchev–Trinajstić information content (AvgIpc) is 3.29. The van der Waals surface area contributed by atoms with Crippen LogP contribution >= 0.6 is 0 Å². The van der Waals surface area contributed by atoms with Gasteiger partial charge in [0.15, 0.2) is 0 Å². The van der Waals surface area contributed by atoms with E-state index >= 15 is 0 Å². The van der Waals surface area contributed by atoms with Gasteiger partial charge in [0.2, 0.25) is 0 Å². The number of fused-ring (bicyclic) bond motifs is 1. The molecule has 1 aromatic heterocycles. The summed E-state index contributed by atoms with van der Waals surface area (Å²) in [6.07, 6.45) is 2.17. The number of hydrogen-bond acceptors (Lipinski definition) is 2. The molecule has 23 heavy (non-hydrogen) atoms. The first-order valence-electron chi connectivity index (χ1n) is 7.88. The Bertz CT molecular complexity index is 835. The number of nitrogens with one attached hydrogen (secondary N) is 2. The van der Waals surface area contributed by atoms with Gasteiger partial charge in [-0.1, -0.05) is 30.3 Å². The molecule has 4 nitrogen and oxygen atoms in total. The van der Waals surface area contributed by atoms with E-state index in [9.17, 15) is 4.79 Å². The zero-order valence-electron chi connectivity index (χ0n) is 12.7. The first kappa shape index (κ1) is 13.9. The van der Waals surface area contributed by atoms with Crippen molar-refractivity contribution < 1.29 is 9.53 Å². The highest BCUT2D eigenvalue weighted by molar-refractivity contribution is 5.98. The van der Waals surface area contributed by atoms with Gasteiger partial charge in [0.05, 0.1) is 0 Å². The second kappa shape index (κ2) is 5.80. The molecule has 0 saturated heterocycles. The lowest BCUT2D eigenvalue weighted by molar-refractivity contribution is 0.0947. The Labute approximate surface area is 134 Å². The van der Waals surface area contributed by atoms with Crippen molar-refractivity contribution in [1.29, 1.82) is 0 Å². The maximum atomic E-state index is 12.1. The lowest BCUT2D eigenvalue weighted by Gasteiger charge is -2.06. The molecule has 0 aliphatic heterocycles. The van der Waals surface area contributed by atoms with Gasteiger partial charge >= 0.3 is 0 Å². The summed E-state index contributed by atoms with van der Waals surface area (Å²) in [5.41, 5.74) is 2.65. The van der Waals surface area contributed by atoms with E-state index in [0.29, 0.717) is 18.3 Å². The fourth-order valence-corrected chi connectivity index (χ4v) is 2.55. The van der Waals surface area contributed by atoms with Gasteiger partial charge in [0.1, 0.15) is 18.1 Å². The predicted molar refractivity (Wildman–Crippen MR) is 89.6 cm³/mol. The van der Waals surface area contributed by atoms with Crippen LogP contribution in [0.5, 0.6) is 5.75 Å². The molecular weight excluding hydrogens is 288 g/mol. The number of aromatic nitrogens is 1. The normalized spacial score (nSPS) is 13.9. The van der Waals surface area contributed by atoms with Crippen LogP contribution in [0.15, 0.2) is 54.6 Å². The molecule has 3 aromatic rings. The summed E-state index contributed by atoms with van der Waals surface area (Å²) < 4.78 is 5.82. The van der Waals surface area contributed by atoms with Crippen molar-refractivity contribution in [1.82, 2.24) is 10.3 Å². The summed E-state index contributed by atoms with van der Waals surface area (Å²) in [4.78, 5) is 15.3. The Kier molecular flexibility index (Phi) is 3.50. The molecule has 4 rings (SSSR count). The van der Waals surface area contributed by atoms with E-state index in [1.165, 1.54) is 0 Å². The number of carbonyl (C=O) groups excluding carboxylic acids is 1. The number of ether oxygens (including phenoxy) is 1. The van der Waals surface area contributed by atoms with Crippen molar-refractivity contribution >= 4 is 16.8 Å². The smallest absolute Gasteiger partial charge is 0.267 e. The molecule has 116 valence electrons. The molecule has 0 bridgehead atoms. The molecule has 1 aliphatic rings. The summed E-state index contributed by atoms with van der Waals surface area (Å²) in [6.45, 7) is 0.530. The molecule has 1 amide bonds. The van der Waals surface area contributed by atoms with Crippen LogP contribution in [0.4, 0.5) is 0 Å². The molecule has 0 atom stereocenters. The molecule has 2 aromatic carbocycles. The molecule has 0 radical (unpaired) electrons. The van der Waals surface area contributed by atoms with Crippen LogP contribution < -0.4 is 10.1 Å². The maximum absolute atomic E-state index is 12.1. The summed E-state index contributed by atoms with van der Waals surface area (Å²) in [6, 6.07) is 18.1. The third-order valence-corrected chi connectivity index (χ3v) is 4.00. The lowest BCUT2D eigenvalue weighted by atomic mass is 10.2. The largest absolute Gasteiger partial charge is 0.489 e. The standard InChI is InChI=1S/C19H18N2O2/c22-19(20-15-7-8-15)18-10-14-6-9-16(11-17(14)21-18)23-12-13-4-2-1-3-5-13/h1-6,9-11,15,21H,7-8,12H2,(H,20,22). The molecule has 0 spiro atoms. The van der Waals surface area contributed by atoms with E-state index in [1.807, 2.05) is 54.6 Å². The van der Waals surface area contributed by atoms with Crippen LogP contribution in [-0.4, -0.2) is 16.9 Å². The van der Waals surface area contributed by atoms with Gasteiger partial charge in [-0.3, -0.25) is 4.79 Å². The highest BCUT2D eigenvalue weighted by Gasteiger charge is 2.24. The van der Waals surface area contributed by atoms with Gasteiger partial charge in [0, 0.05) is 23.0 Å². The van der Waals surface area contributed by atoms with Crippen LogP contribution in [0.25, 0.3) is 10.9 Å². The van der Waals surface area contributed by atoms with Gasteiger partial charge in [-0.2, -0.15) is 0 Å². The number of hydrogen-bond donors (Lipinski definition) is 2. The zero-order chi connectivity index (χ0) is 15.6. The Morgan fingerprint density at radius 1 is 1.13 bits per heavy atom. The molecular formula is C19H18N2O2. The minimum absolute atomic E-state index is 0.0320. The molecule has 2 N–H and O–H groups in total. The average molecular weight is 306 g/mol. The number of carbonyl (C=O) groups is 1. The third kappa shape index (κ3) is 3.21. The first-order chi connectivity index (χ1) is 11.3. The molecule has 1 fully saturated rings. The van der Waals surface area contributed by atoms with Crippen LogP contribution in [0.3, 0.4) is 0 Å². The molecule has 1 saturated carbocycles. The summed E-state index contributed by atoms with van der Waals surface area (Å²) in [5.74, 6) is 0.757. The van der Waals surface area contributed by atoms with Crippen LogP contribution in [0.2, 0.25) is 0 Å². The fourth-order valence-electron chi connectivity index (χ4n) is 2.55. The van der Waals surface area contributed by atoms with Crippen molar-refractivity contribution in [2.45, 2.75) is 25.5 Å². The SMILES string of the molecule is O=C(NC1CC1)c1cc2ccc(OCc3ccccc3)cc2[nH]1. The number of H-pyrrole nitrogens is 1. The van der Waals surface area contributed by atoms with Crippen molar-refractivity contribution in [2.75, 3.05) is 0 Å². The van der Waals surface area contributed by atoms with E-state index in [0.717, 1.165) is 35.1 Å². The Morgan fingerprint density at radius 2 is 1.96 bits per heavy atom. The monoisotopic (exact) mass is 306 g/mol. The van der Waals surface area contributed by atoms with Gasteiger partial charge < -0.3 is 15.0 Å². The van der Waals surface area contributed by atoms with Crippen molar-refractivity contribution in [3.05, 3.63) is 65.9 Å². The fraction of sp³-hybridized carbons (Fsp3) is 0.211. The van der Waals surface area contributed by atoms with Gasteiger partial charge in [-0.15, -0.1) is 0 Å². The minimum atomic E-state index is -0.0320. The van der Waals surface area contributed by atoms with E-state index in [1.54, 1.807) is 0 Å². The zero-order valence-corrected chi connectivity index (χ0v) is 12.7. The lowest BCUT2D eigenvalue weighted by Crippen LogP contribution is -2.25. The summed E-state index contributed by atoms with van der Waals surface area (Å²) in [7, 11) is 0. The van der Waals surface area contributed by atoms with E-state index in [4.69, 9.17) is 4.74 Å². The number of amides is 1. The maximum Gasteiger partial charge on any atom is 0.267 e. The van der Waals surface area contributed by atoms with E-state index in [2.05, 4.69) is 10.3 Å². The van der Waals surface area contributed by atoms with E-state index < -0.39 is 0 Å². The quantitative estimate of drug-likeness (QED) is 0.756. The van der Waals surface area contributed by atoms with Crippen molar-refractivity contribution in [3.63, 3.8) is 0 Å². The van der Waals surface area contributed by atoms with Gasteiger partial charge in [-0.05, 0) is 36.6 Å². The van der Waals surface area contributed by atoms with Gasteiger partial charge in [-0.25, -0.2) is 0 Å². The Balaban J connectivity index is 1.49. The predicted octanol–water partition coefficient (Wildman–Crippen LogP) is 3.64. The van der Waals surface area contributed by atoms with Crippen LogP contribution in [0.1, 0.15) is 28.9 Å². The topological polar surface area (TPSA) is 54.1 Å². The summed E-state index contributed by atoms with van der Waals surface area (Å²) in [5, 5.41) is 4.00. The Morgan fingerprint density at radius 3 is 2.74 bits per heavy atom. The summed E-state index contributed by atoms with van der Waals surface area (Å²) >= 11 is 0. The number of rotatable bonds is 5. The molecule has 1 aliphatic carbocycles. The number of aromatic amines is 1. The second-order valence-corrected chi connectivity index (χ2v) is 5.95. The second-order valence-electron chi connectivity index (χ2n) is 5.95. The third-order valence-electron chi connectivity index (χ3n) is 4.00. The Hall–Kier alpha value is -2.75. The minimum Gasteiger partial charge on any atom is -0.489 e. The first-order valence-corrected chi connectivity index (χ1v) is 7.88. The molecule has 4 heteroatoms. The molecule has 1 heterocycles. The van der Waals surface area contributed by atoms with Crippen molar-refractivity contribution in [2.24, 2.45) is 0 Å². The number of benzene rings is 2. The van der Waals surface area contributed by atoms with Crippen LogP contribution in [-0.2, 0) is 6.61 Å².